The molecule has 3 fully saturated rings. The molecule has 2 aromatic heterocycles. The molecule has 14 heteroatoms. The van der Waals surface area contributed by atoms with E-state index in [0.717, 1.165) is 0 Å². The first-order valence-corrected chi connectivity index (χ1v) is 14.2. The second-order valence-corrected chi connectivity index (χ2v) is 11.2. The van der Waals surface area contributed by atoms with Crippen molar-refractivity contribution in [1.82, 2.24) is 24.9 Å². The SMILES string of the molecule is CC(=O)OCC(COC(C)=O)N1C[C@@H]2[C@H](C1)C2(C#N)c1ccc(-c2ccc(N3C[C@H](Cn4ccnn4)OC3=O)cc2F)cn1. The number of anilines is 1. The number of likely N-dealkylation sites (tertiary alicyclic amines) is 1. The molecule has 0 N–H and O–H groups in total. The van der Waals surface area contributed by atoms with E-state index in [4.69, 9.17) is 14.2 Å². The Kier molecular flexibility index (Phi) is 7.73. The third-order valence-corrected chi connectivity index (χ3v) is 8.57. The average Bonchev–Trinajstić information content (AvgIpc) is 3.49. The van der Waals surface area contributed by atoms with Crippen LogP contribution >= 0.6 is 0 Å². The topological polar surface area (TPSA) is 153 Å². The fraction of sp³-hybridized carbons (Fsp3) is 0.433. The maximum atomic E-state index is 15.3. The van der Waals surface area contributed by atoms with Crippen LogP contribution < -0.4 is 4.90 Å². The number of hydrogen-bond donors (Lipinski definition) is 0. The minimum atomic E-state index is -0.774. The molecule has 2 aliphatic heterocycles. The van der Waals surface area contributed by atoms with Crippen molar-refractivity contribution in [2.24, 2.45) is 11.8 Å². The zero-order chi connectivity index (χ0) is 31.0. The number of fused-ring (bicyclic) bond motifs is 1. The van der Waals surface area contributed by atoms with Crippen LogP contribution in [0.2, 0.25) is 0 Å². The van der Waals surface area contributed by atoms with Gasteiger partial charge in [0.1, 0.15) is 30.5 Å². The summed E-state index contributed by atoms with van der Waals surface area (Å²) in [5.41, 5.74) is 1.07. The summed E-state index contributed by atoms with van der Waals surface area (Å²) >= 11 is 0. The number of nitriles is 1. The Morgan fingerprint density at radius 1 is 1.14 bits per heavy atom. The number of cyclic esters (lactones) is 1. The van der Waals surface area contributed by atoms with Crippen molar-refractivity contribution >= 4 is 23.7 Å². The van der Waals surface area contributed by atoms with Gasteiger partial charge in [0.25, 0.3) is 0 Å². The predicted molar refractivity (Wildman–Crippen MR) is 150 cm³/mol. The van der Waals surface area contributed by atoms with Gasteiger partial charge in [0.05, 0.1) is 42.8 Å². The first kappa shape index (κ1) is 29.2. The molecule has 1 saturated carbocycles. The number of esters is 2. The zero-order valence-electron chi connectivity index (χ0n) is 24.1. The summed E-state index contributed by atoms with van der Waals surface area (Å²) < 4.78 is 32.7. The third kappa shape index (κ3) is 5.46. The second kappa shape index (κ2) is 11.6. The van der Waals surface area contributed by atoms with Crippen molar-refractivity contribution in [2.75, 3.05) is 37.7 Å². The smallest absolute Gasteiger partial charge is 0.414 e. The molecule has 13 nitrogen and oxygen atoms in total. The number of aromatic nitrogens is 4. The molecule has 2 saturated heterocycles. The molecule has 4 heterocycles. The number of ether oxygens (including phenoxy) is 3. The highest BCUT2D eigenvalue weighted by molar-refractivity contribution is 5.90. The highest BCUT2D eigenvalue weighted by atomic mass is 19.1. The second-order valence-electron chi connectivity index (χ2n) is 11.2. The van der Waals surface area contributed by atoms with Crippen molar-refractivity contribution in [1.29, 1.82) is 5.26 Å². The normalized spacial score (nSPS) is 24.1. The van der Waals surface area contributed by atoms with Gasteiger partial charge in [-0.2, -0.15) is 5.26 Å². The molecule has 3 aliphatic rings. The van der Waals surface area contributed by atoms with Crippen LogP contribution in [0.25, 0.3) is 11.1 Å². The number of rotatable bonds is 10. The lowest BCUT2D eigenvalue weighted by molar-refractivity contribution is -0.147. The average molecular weight is 604 g/mol. The number of benzene rings is 1. The van der Waals surface area contributed by atoms with E-state index < -0.39 is 35.4 Å². The van der Waals surface area contributed by atoms with Gasteiger partial charge in [0.15, 0.2) is 0 Å². The number of nitrogens with zero attached hydrogens (tertiary/aromatic N) is 7. The van der Waals surface area contributed by atoms with Crippen LogP contribution in [0.15, 0.2) is 48.9 Å². The number of carbonyl (C=O) groups is 3. The Morgan fingerprint density at radius 3 is 2.43 bits per heavy atom. The summed E-state index contributed by atoms with van der Waals surface area (Å²) in [5.74, 6) is -1.35. The molecule has 0 bridgehead atoms. The largest absolute Gasteiger partial charge is 0.464 e. The van der Waals surface area contributed by atoms with Gasteiger partial charge in [-0.15, -0.1) is 5.10 Å². The molecule has 4 atom stereocenters. The van der Waals surface area contributed by atoms with Crippen LogP contribution in [0.3, 0.4) is 0 Å². The van der Waals surface area contributed by atoms with Gasteiger partial charge in [-0.1, -0.05) is 11.3 Å². The van der Waals surface area contributed by atoms with Gasteiger partial charge in [-0.25, -0.2) is 13.9 Å². The molecule has 228 valence electrons. The maximum absolute atomic E-state index is 15.3. The van der Waals surface area contributed by atoms with Gasteiger partial charge in [-0.05, 0) is 24.3 Å². The number of hydrogen-bond acceptors (Lipinski definition) is 11. The Hall–Kier alpha value is -4.90. The van der Waals surface area contributed by atoms with Crippen molar-refractivity contribution in [3.05, 3.63) is 60.4 Å². The van der Waals surface area contributed by atoms with Crippen molar-refractivity contribution in [3.63, 3.8) is 0 Å². The Morgan fingerprint density at radius 2 is 1.86 bits per heavy atom. The molecule has 6 rings (SSSR count). The maximum Gasteiger partial charge on any atom is 0.414 e. The number of amides is 1. The zero-order valence-corrected chi connectivity index (χ0v) is 24.1. The Balaban J connectivity index is 1.12. The van der Waals surface area contributed by atoms with Gasteiger partial charge in [0.2, 0.25) is 0 Å². The van der Waals surface area contributed by atoms with E-state index in [-0.39, 0.29) is 37.6 Å². The molecule has 44 heavy (non-hydrogen) atoms. The van der Waals surface area contributed by atoms with E-state index in [1.54, 1.807) is 41.3 Å². The first-order valence-electron chi connectivity index (χ1n) is 14.2. The van der Waals surface area contributed by atoms with Crippen LogP contribution in [0.1, 0.15) is 19.5 Å². The van der Waals surface area contributed by atoms with Crippen LogP contribution in [-0.4, -0.2) is 87.9 Å². The molecule has 1 unspecified atom stereocenters. The molecule has 0 radical (unpaired) electrons. The van der Waals surface area contributed by atoms with Gasteiger partial charge in [0, 0.05) is 62.3 Å². The lowest BCUT2D eigenvalue weighted by Gasteiger charge is -2.30. The molecule has 1 aliphatic carbocycles. The highest BCUT2D eigenvalue weighted by Crippen LogP contribution is 2.63. The Bertz CT molecular complexity index is 1580. The van der Waals surface area contributed by atoms with Crippen LogP contribution in [-0.2, 0) is 35.8 Å². The lowest BCUT2D eigenvalue weighted by atomic mass is 9.95. The molecule has 1 amide bonds. The van der Waals surface area contributed by atoms with Crippen molar-refractivity contribution in [2.45, 2.75) is 38.0 Å². The molecule has 1 aromatic carbocycles. The summed E-state index contributed by atoms with van der Waals surface area (Å²) in [6, 6.07) is 10.2. The fourth-order valence-electron chi connectivity index (χ4n) is 6.32. The van der Waals surface area contributed by atoms with Crippen molar-refractivity contribution < 1.29 is 33.0 Å². The summed E-state index contributed by atoms with van der Waals surface area (Å²) in [5, 5.41) is 17.8. The summed E-state index contributed by atoms with van der Waals surface area (Å²) in [6.07, 6.45) is 3.76. The number of carbonyl (C=O) groups excluding carboxylic acids is 3. The van der Waals surface area contributed by atoms with E-state index >= 15 is 4.39 Å². The van der Waals surface area contributed by atoms with Crippen molar-refractivity contribution in [3.8, 4) is 17.2 Å². The quantitative estimate of drug-likeness (QED) is 0.248. The molecule has 0 spiro atoms. The first-order chi connectivity index (χ1) is 21.2. The minimum Gasteiger partial charge on any atom is -0.464 e. The molecular formula is C30H30FN7O6. The third-order valence-electron chi connectivity index (χ3n) is 8.57. The highest BCUT2D eigenvalue weighted by Gasteiger charge is 2.71. The fourth-order valence-corrected chi connectivity index (χ4v) is 6.32. The molecule has 3 aromatic rings. The summed E-state index contributed by atoms with van der Waals surface area (Å²) in [7, 11) is 0. The van der Waals surface area contributed by atoms with Crippen LogP contribution in [0.5, 0.6) is 0 Å². The number of pyridine rings is 1. The summed E-state index contributed by atoms with van der Waals surface area (Å²) in [6.45, 7) is 4.52. The number of halogens is 1. The number of piperidine rings is 1. The Labute approximate surface area is 252 Å². The van der Waals surface area contributed by atoms with E-state index in [1.165, 1.54) is 31.0 Å². The van der Waals surface area contributed by atoms with E-state index in [0.29, 0.717) is 42.1 Å². The predicted octanol–water partition coefficient (Wildman–Crippen LogP) is 2.32. The van der Waals surface area contributed by atoms with E-state index in [2.05, 4.69) is 26.3 Å². The van der Waals surface area contributed by atoms with Gasteiger partial charge >= 0.3 is 18.0 Å². The standard InChI is InChI=1S/C30H30FN7O6/c1-18(39)42-15-22(16-43-19(2)40)36-13-25-26(14-36)30(25,17-32)28-6-3-20(10-33-28)24-5-4-21(9-27(24)31)38-12-23(44-29(38)41)11-37-8-7-34-35-37/h3-10,22-23,25-26H,11-16H2,1-2H3/t23-,25-,26+,30?/m0/s1. The summed E-state index contributed by atoms with van der Waals surface area (Å²) in [4.78, 5) is 43.2. The molecular weight excluding hydrogens is 573 g/mol. The lowest BCUT2D eigenvalue weighted by Crippen LogP contribution is -2.44. The minimum absolute atomic E-state index is 0.00706. The van der Waals surface area contributed by atoms with Crippen LogP contribution in [0.4, 0.5) is 14.9 Å². The monoisotopic (exact) mass is 603 g/mol. The van der Waals surface area contributed by atoms with Gasteiger partial charge in [-0.3, -0.25) is 24.4 Å². The van der Waals surface area contributed by atoms with E-state index in [9.17, 15) is 19.6 Å². The van der Waals surface area contributed by atoms with E-state index in [1.807, 2.05) is 0 Å². The van der Waals surface area contributed by atoms with Gasteiger partial charge < -0.3 is 14.2 Å². The van der Waals surface area contributed by atoms with Crippen LogP contribution in [0, 0.1) is 29.0 Å².